The predicted octanol–water partition coefficient (Wildman–Crippen LogP) is 5.25. The molecule has 2 aliphatic rings. The number of hydrogen-bond acceptors (Lipinski definition) is 5. The lowest BCUT2D eigenvalue weighted by Gasteiger charge is -2.34. The highest BCUT2D eigenvalue weighted by molar-refractivity contribution is 5.97. The zero-order valence-electron chi connectivity index (χ0n) is 24.7. The Morgan fingerprint density at radius 1 is 1.13 bits per heavy atom. The highest BCUT2D eigenvalue weighted by Gasteiger charge is 2.41. The van der Waals surface area contributed by atoms with Gasteiger partial charge in [-0.05, 0) is 56.1 Å². The van der Waals surface area contributed by atoms with E-state index >= 15 is 4.39 Å². The van der Waals surface area contributed by atoms with Crippen molar-refractivity contribution in [2.45, 2.75) is 97.6 Å². The van der Waals surface area contributed by atoms with Crippen LogP contribution < -0.4 is 20.3 Å². The van der Waals surface area contributed by atoms with Crippen LogP contribution in [-0.4, -0.2) is 57.3 Å². The molecule has 8 heteroatoms. The number of carbonyl (C=O) groups is 2. The smallest absolute Gasteiger partial charge is 0.231 e. The number of anilines is 1. The first-order chi connectivity index (χ1) is 18.8. The van der Waals surface area contributed by atoms with E-state index in [-0.39, 0.29) is 41.4 Å². The van der Waals surface area contributed by atoms with Crippen molar-refractivity contribution in [1.82, 2.24) is 10.6 Å². The van der Waals surface area contributed by atoms with Gasteiger partial charge in [0.15, 0.2) is 0 Å². The van der Waals surface area contributed by atoms with Crippen molar-refractivity contribution >= 4 is 17.5 Å². The number of unbranched alkanes of at least 4 members (excludes halogenated alkanes) is 1. The van der Waals surface area contributed by atoms with Gasteiger partial charge >= 0.3 is 0 Å². The fourth-order valence-corrected chi connectivity index (χ4v) is 5.51. The monoisotopic (exact) mass is 547 g/mol. The van der Waals surface area contributed by atoms with Gasteiger partial charge in [0.1, 0.15) is 11.6 Å². The van der Waals surface area contributed by atoms with Gasteiger partial charge in [0, 0.05) is 51.4 Å². The first-order valence-electron chi connectivity index (χ1n) is 15.1. The Balaban J connectivity index is 1.74. The number of methoxy groups -OCH3 is 1. The number of carbonyl (C=O) groups excluding carboxylic acids is 2. The van der Waals surface area contributed by atoms with E-state index in [1.165, 1.54) is 6.07 Å². The van der Waals surface area contributed by atoms with Crippen LogP contribution in [0, 0.1) is 23.6 Å². The molecule has 1 aromatic rings. The molecule has 220 valence electrons. The van der Waals surface area contributed by atoms with Crippen LogP contribution in [0.1, 0.15) is 84.6 Å². The molecule has 0 spiro atoms. The van der Waals surface area contributed by atoms with Crippen LogP contribution in [0.5, 0.6) is 5.75 Å². The normalized spacial score (nSPS) is 20.1. The molecule has 1 aliphatic carbocycles. The summed E-state index contributed by atoms with van der Waals surface area (Å²) in [6, 6.07) is 3.34. The molecule has 7 nitrogen and oxygen atoms in total. The van der Waals surface area contributed by atoms with Crippen LogP contribution in [0.15, 0.2) is 12.1 Å². The molecular formula is C31H50FN3O4. The van der Waals surface area contributed by atoms with E-state index in [9.17, 15) is 9.59 Å². The first kappa shape index (κ1) is 31.3. The van der Waals surface area contributed by atoms with E-state index in [4.69, 9.17) is 9.47 Å². The molecule has 3 atom stereocenters. The number of benzene rings is 1. The fraction of sp³-hybridized carbons (Fsp3) is 0.742. The Hall–Kier alpha value is -2.19. The van der Waals surface area contributed by atoms with E-state index in [1.807, 2.05) is 6.92 Å². The molecule has 3 rings (SSSR count). The van der Waals surface area contributed by atoms with Gasteiger partial charge < -0.3 is 25.0 Å². The molecule has 0 unspecified atom stereocenters. The van der Waals surface area contributed by atoms with Gasteiger partial charge in [-0.2, -0.15) is 0 Å². The minimum atomic E-state index is -0.401. The molecule has 0 radical (unpaired) electrons. The van der Waals surface area contributed by atoms with E-state index in [1.54, 1.807) is 18.1 Å². The lowest BCUT2D eigenvalue weighted by Crippen LogP contribution is -2.51. The van der Waals surface area contributed by atoms with Gasteiger partial charge in [-0.25, -0.2) is 4.39 Å². The lowest BCUT2D eigenvalue weighted by atomic mass is 9.88. The van der Waals surface area contributed by atoms with Gasteiger partial charge in [0.25, 0.3) is 0 Å². The Labute approximate surface area is 234 Å². The molecule has 39 heavy (non-hydrogen) atoms. The van der Waals surface area contributed by atoms with Crippen LogP contribution in [-0.2, 0) is 20.7 Å². The van der Waals surface area contributed by atoms with E-state index in [0.717, 1.165) is 50.5 Å². The Kier molecular flexibility index (Phi) is 12.5. The van der Waals surface area contributed by atoms with Crippen molar-refractivity contribution < 1.29 is 23.5 Å². The molecule has 1 saturated heterocycles. The van der Waals surface area contributed by atoms with E-state index < -0.39 is 5.82 Å². The Bertz CT molecular complexity index is 937. The highest BCUT2D eigenvalue weighted by atomic mass is 19.1. The standard InChI is InChI=1S/C31H50FN3O4/c1-6-8-10-25(15-21(3)4)34-30(36)23-16-24(20-33-19-23)31(37)35(26-11-12-26)28-18-29(39-14-9-13-38-5)22(7-2)17-27(28)32/h17-18,21,23-26,33H,6-16,19-20H2,1-5H3,(H,34,36)/t23-,24+,25-/m0/s1. The van der Waals surface area contributed by atoms with Gasteiger partial charge in [0.05, 0.1) is 24.1 Å². The van der Waals surface area contributed by atoms with Gasteiger partial charge in [-0.15, -0.1) is 0 Å². The van der Waals surface area contributed by atoms with Gasteiger partial charge in [0.2, 0.25) is 11.8 Å². The quantitative estimate of drug-likeness (QED) is 0.277. The maximum Gasteiger partial charge on any atom is 0.231 e. The minimum absolute atomic E-state index is 0.0144. The lowest BCUT2D eigenvalue weighted by molar-refractivity contribution is -0.129. The minimum Gasteiger partial charge on any atom is -0.493 e. The molecule has 0 bridgehead atoms. The van der Waals surface area contributed by atoms with Crippen LogP contribution in [0.2, 0.25) is 0 Å². The Morgan fingerprint density at radius 2 is 1.87 bits per heavy atom. The molecule has 1 aliphatic heterocycles. The van der Waals surface area contributed by atoms with E-state index in [0.29, 0.717) is 50.8 Å². The summed E-state index contributed by atoms with van der Waals surface area (Å²) in [5.41, 5.74) is 1.07. The average molecular weight is 548 g/mol. The van der Waals surface area contributed by atoms with Crippen LogP contribution in [0.25, 0.3) is 0 Å². The number of halogens is 1. The number of piperidine rings is 1. The molecule has 1 heterocycles. The maximum absolute atomic E-state index is 15.4. The zero-order chi connectivity index (χ0) is 28.4. The summed E-state index contributed by atoms with van der Waals surface area (Å²) >= 11 is 0. The third kappa shape index (κ3) is 9.17. The number of rotatable bonds is 16. The first-order valence-corrected chi connectivity index (χ1v) is 15.1. The summed E-state index contributed by atoms with van der Waals surface area (Å²) < 4.78 is 26.5. The molecule has 2 fully saturated rings. The fourth-order valence-electron chi connectivity index (χ4n) is 5.51. The summed E-state index contributed by atoms with van der Waals surface area (Å²) in [7, 11) is 1.65. The van der Waals surface area contributed by atoms with Gasteiger partial charge in [-0.1, -0.05) is 40.5 Å². The summed E-state index contributed by atoms with van der Waals surface area (Å²) in [6.45, 7) is 10.6. The summed E-state index contributed by atoms with van der Waals surface area (Å²) in [4.78, 5) is 28.8. The summed E-state index contributed by atoms with van der Waals surface area (Å²) in [5.74, 6) is -0.0400. The van der Waals surface area contributed by atoms with Crippen molar-refractivity contribution in [1.29, 1.82) is 0 Å². The molecule has 2 N–H and O–H groups in total. The maximum atomic E-state index is 15.4. The molecule has 1 aromatic carbocycles. The second-order valence-electron chi connectivity index (χ2n) is 11.7. The van der Waals surface area contributed by atoms with Gasteiger partial charge in [-0.3, -0.25) is 9.59 Å². The number of nitrogens with one attached hydrogen (secondary N) is 2. The van der Waals surface area contributed by atoms with Crippen molar-refractivity contribution in [3.63, 3.8) is 0 Å². The van der Waals surface area contributed by atoms with Crippen molar-refractivity contribution in [2.75, 3.05) is 38.3 Å². The largest absolute Gasteiger partial charge is 0.493 e. The van der Waals surface area contributed by atoms with Crippen LogP contribution >= 0.6 is 0 Å². The number of hydrogen-bond donors (Lipinski definition) is 2. The number of aryl methyl sites for hydroxylation is 1. The molecule has 0 aromatic heterocycles. The van der Waals surface area contributed by atoms with Crippen molar-refractivity contribution in [3.05, 3.63) is 23.5 Å². The summed E-state index contributed by atoms with van der Waals surface area (Å²) in [6.07, 6.45) is 7.63. The van der Waals surface area contributed by atoms with Crippen molar-refractivity contribution in [3.8, 4) is 5.75 Å². The van der Waals surface area contributed by atoms with Crippen LogP contribution in [0.4, 0.5) is 10.1 Å². The second kappa shape index (κ2) is 15.6. The third-order valence-corrected chi connectivity index (χ3v) is 7.75. The molecule has 1 saturated carbocycles. The molecular weight excluding hydrogens is 497 g/mol. The SMILES string of the molecule is CCCC[C@@H](CC(C)C)NC(=O)[C@@H]1CNC[C@H](C(=O)N(c2cc(OCCCOC)c(CC)cc2F)C2CC2)C1. The second-order valence-corrected chi connectivity index (χ2v) is 11.7. The summed E-state index contributed by atoms with van der Waals surface area (Å²) in [5, 5.41) is 6.59. The average Bonchev–Trinajstić information content (AvgIpc) is 3.76. The Morgan fingerprint density at radius 3 is 2.51 bits per heavy atom. The van der Waals surface area contributed by atoms with Crippen LogP contribution in [0.3, 0.4) is 0 Å². The van der Waals surface area contributed by atoms with Crippen molar-refractivity contribution in [2.24, 2.45) is 17.8 Å². The number of nitrogens with zero attached hydrogens (tertiary/aromatic N) is 1. The van der Waals surface area contributed by atoms with E-state index in [2.05, 4.69) is 31.4 Å². The molecule has 2 amide bonds. The number of ether oxygens (including phenoxy) is 2. The zero-order valence-corrected chi connectivity index (χ0v) is 24.7. The highest BCUT2D eigenvalue weighted by Crippen LogP contribution is 2.38. The third-order valence-electron chi connectivity index (χ3n) is 7.75. The number of amides is 2. The predicted molar refractivity (Wildman–Crippen MR) is 154 cm³/mol. The topological polar surface area (TPSA) is 79.9 Å².